The number of hydrogen-bond donors (Lipinski definition) is 1. The molecule has 0 spiro atoms. The van der Waals surface area contributed by atoms with Crippen LogP contribution in [-0.4, -0.2) is 35.6 Å². The van der Waals surface area contributed by atoms with Crippen LogP contribution in [0.1, 0.15) is 36.0 Å². The molecule has 0 aliphatic carbocycles. The molecule has 0 saturated carbocycles. The minimum Gasteiger partial charge on any atom is -0.493 e. The van der Waals surface area contributed by atoms with E-state index in [0.717, 1.165) is 42.0 Å². The third-order valence-electron chi connectivity index (χ3n) is 4.59. The average molecular weight is 378 g/mol. The maximum Gasteiger partial charge on any atom is 0.254 e. The Bertz CT molecular complexity index is 851. The van der Waals surface area contributed by atoms with Crippen molar-refractivity contribution in [3.8, 4) is 11.5 Å². The highest BCUT2D eigenvalue weighted by Gasteiger charge is 2.22. The summed E-state index contributed by atoms with van der Waals surface area (Å²) in [6.07, 6.45) is 2.44. The summed E-state index contributed by atoms with van der Waals surface area (Å²) in [5.41, 5.74) is 2.74. The van der Waals surface area contributed by atoms with Crippen LogP contribution in [0.4, 0.5) is 0 Å². The number of H-pyrrole nitrogens is 1. The summed E-state index contributed by atoms with van der Waals surface area (Å²) in [4.78, 5) is 22.1. The molecule has 26 heavy (non-hydrogen) atoms. The fourth-order valence-corrected chi connectivity index (χ4v) is 3.67. The average Bonchev–Trinajstić information content (AvgIpc) is 2.61. The van der Waals surface area contributed by atoms with Gasteiger partial charge in [-0.05, 0) is 30.5 Å². The van der Waals surface area contributed by atoms with E-state index in [1.165, 1.54) is 0 Å². The molecule has 0 atom stereocenters. The van der Waals surface area contributed by atoms with E-state index in [1.807, 2.05) is 12.1 Å². The van der Waals surface area contributed by atoms with E-state index < -0.39 is 0 Å². The molecule has 0 radical (unpaired) electrons. The third-order valence-corrected chi connectivity index (χ3v) is 4.87. The van der Waals surface area contributed by atoms with E-state index in [4.69, 9.17) is 21.1 Å². The van der Waals surface area contributed by atoms with Gasteiger partial charge < -0.3 is 14.5 Å². The van der Waals surface area contributed by atoms with E-state index in [0.29, 0.717) is 36.0 Å². The van der Waals surface area contributed by atoms with Gasteiger partial charge in [-0.2, -0.15) is 0 Å². The van der Waals surface area contributed by atoms with Crippen molar-refractivity contribution >= 4 is 11.6 Å². The van der Waals surface area contributed by atoms with E-state index >= 15 is 0 Å². The molecular weight excluding hydrogens is 354 g/mol. The Morgan fingerprint density at radius 2 is 2.12 bits per heavy atom. The van der Waals surface area contributed by atoms with Gasteiger partial charge in [0.15, 0.2) is 11.5 Å². The number of halogens is 1. The number of nitrogens with one attached hydrogen (secondary N) is 1. The Morgan fingerprint density at radius 3 is 2.81 bits per heavy atom. The van der Waals surface area contributed by atoms with Crippen LogP contribution in [-0.2, 0) is 25.9 Å². The molecule has 1 aliphatic rings. The van der Waals surface area contributed by atoms with Crippen molar-refractivity contribution in [2.24, 2.45) is 0 Å². The lowest BCUT2D eigenvalue weighted by Crippen LogP contribution is -2.35. The van der Waals surface area contributed by atoms with Gasteiger partial charge >= 0.3 is 0 Å². The van der Waals surface area contributed by atoms with E-state index in [2.05, 4.69) is 21.8 Å². The fraction of sp³-hybridized carbons (Fsp3) is 0.474. The molecule has 0 fully saturated rings. The number of aryl methyl sites for hydroxylation is 1. The van der Waals surface area contributed by atoms with Gasteiger partial charge in [0, 0.05) is 31.6 Å². The molecule has 140 valence electrons. The highest BCUT2D eigenvalue weighted by atomic mass is 35.5. The van der Waals surface area contributed by atoms with Crippen LogP contribution in [0.2, 0.25) is 5.02 Å². The van der Waals surface area contributed by atoms with Gasteiger partial charge in [-0.15, -0.1) is 0 Å². The van der Waals surface area contributed by atoms with Gasteiger partial charge in [0.05, 0.1) is 24.9 Å². The topological polar surface area (TPSA) is 67.5 Å². The summed E-state index contributed by atoms with van der Waals surface area (Å²) in [7, 11) is 3.17. The monoisotopic (exact) mass is 377 g/mol. The summed E-state index contributed by atoms with van der Waals surface area (Å²) in [5.74, 6) is 1.93. The lowest BCUT2D eigenvalue weighted by molar-refractivity contribution is 0.239. The minimum atomic E-state index is 0.00672. The van der Waals surface area contributed by atoms with Gasteiger partial charge in [-0.25, -0.2) is 4.98 Å². The Hall–Kier alpha value is -2.05. The van der Waals surface area contributed by atoms with Crippen molar-refractivity contribution < 1.29 is 9.47 Å². The SMILES string of the molecule is CCCc1nc2c(c(=O)[nH]1)CCN(Cc1cc(Cl)c(OC)c(OC)c1)C2. The summed E-state index contributed by atoms with van der Waals surface area (Å²) in [6, 6.07) is 3.83. The van der Waals surface area contributed by atoms with Gasteiger partial charge in [0.1, 0.15) is 5.82 Å². The molecule has 0 saturated heterocycles. The van der Waals surface area contributed by atoms with Gasteiger partial charge in [-0.1, -0.05) is 18.5 Å². The van der Waals surface area contributed by atoms with Crippen LogP contribution in [0, 0.1) is 0 Å². The molecule has 1 aliphatic heterocycles. The van der Waals surface area contributed by atoms with Crippen molar-refractivity contribution in [1.82, 2.24) is 14.9 Å². The van der Waals surface area contributed by atoms with E-state index in [9.17, 15) is 4.79 Å². The normalized spacial score (nSPS) is 14.2. The first-order chi connectivity index (χ1) is 12.5. The molecule has 0 bridgehead atoms. The van der Waals surface area contributed by atoms with Crippen molar-refractivity contribution in [1.29, 1.82) is 0 Å². The molecule has 0 unspecified atom stereocenters. The second-order valence-corrected chi connectivity index (χ2v) is 6.87. The van der Waals surface area contributed by atoms with E-state index in [-0.39, 0.29) is 5.56 Å². The second kappa shape index (κ2) is 8.10. The zero-order chi connectivity index (χ0) is 18.7. The summed E-state index contributed by atoms with van der Waals surface area (Å²) >= 11 is 6.31. The molecule has 1 aromatic carbocycles. The van der Waals surface area contributed by atoms with Crippen LogP contribution in [0.5, 0.6) is 11.5 Å². The molecule has 7 heteroatoms. The fourth-order valence-electron chi connectivity index (χ4n) is 3.36. The molecule has 2 aromatic rings. The number of ether oxygens (including phenoxy) is 2. The zero-order valence-electron chi connectivity index (χ0n) is 15.4. The Balaban J connectivity index is 1.81. The van der Waals surface area contributed by atoms with E-state index in [1.54, 1.807) is 14.2 Å². The van der Waals surface area contributed by atoms with Gasteiger partial charge in [0.2, 0.25) is 0 Å². The van der Waals surface area contributed by atoms with Crippen molar-refractivity contribution in [3.63, 3.8) is 0 Å². The number of benzene rings is 1. The predicted octanol–water partition coefficient (Wildman–Crippen LogP) is 2.95. The third kappa shape index (κ3) is 3.86. The highest BCUT2D eigenvalue weighted by Crippen LogP contribution is 2.36. The minimum absolute atomic E-state index is 0.00672. The maximum absolute atomic E-state index is 12.3. The maximum atomic E-state index is 12.3. The number of aromatic amines is 1. The number of rotatable bonds is 6. The molecule has 1 N–H and O–H groups in total. The molecule has 1 aromatic heterocycles. The van der Waals surface area contributed by atoms with Crippen molar-refractivity contribution in [3.05, 3.63) is 50.2 Å². The highest BCUT2D eigenvalue weighted by molar-refractivity contribution is 6.32. The van der Waals surface area contributed by atoms with Gasteiger partial charge in [0.25, 0.3) is 5.56 Å². The predicted molar refractivity (Wildman–Crippen MR) is 101 cm³/mol. The number of nitrogens with zero attached hydrogens (tertiary/aromatic N) is 2. The largest absolute Gasteiger partial charge is 0.493 e. The molecule has 0 amide bonds. The van der Waals surface area contributed by atoms with Crippen molar-refractivity contribution in [2.75, 3.05) is 20.8 Å². The number of methoxy groups -OCH3 is 2. The standard InChI is InChI=1S/C19H24ClN3O3/c1-4-5-17-21-15-11-23(7-6-13(15)19(24)22-17)10-12-8-14(20)18(26-3)16(9-12)25-2/h8-9H,4-7,10-11H2,1-3H3,(H,21,22,24). The first-order valence-electron chi connectivity index (χ1n) is 8.79. The lowest BCUT2D eigenvalue weighted by atomic mass is 10.1. The lowest BCUT2D eigenvalue weighted by Gasteiger charge is -2.28. The molecule has 6 nitrogen and oxygen atoms in total. The molecule has 3 rings (SSSR count). The quantitative estimate of drug-likeness (QED) is 0.838. The number of fused-ring (bicyclic) bond motifs is 1. The first-order valence-corrected chi connectivity index (χ1v) is 9.17. The summed E-state index contributed by atoms with van der Waals surface area (Å²) in [6.45, 7) is 4.24. The first kappa shape index (κ1) is 18.7. The smallest absolute Gasteiger partial charge is 0.254 e. The second-order valence-electron chi connectivity index (χ2n) is 6.46. The van der Waals surface area contributed by atoms with Gasteiger partial charge in [-0.3, -0.25) is 9.69 Å². The Morgan fingerprint density at radius 1 is 1.31 bits per heavy atom. The number of aromatic nitrogens is 2. The summed E-state index contributed by atoms with van der Waals surface area (Å²) < 4.78 is 10.7. The van der Waals surface area contributed by atoms with Crippen LogP contribution < -0.4 is 15.0 Å². The van der Waals surface area contributed by atoms with Crippen LogP contribution >= 0.6 is 11.6 Å². The van der Waals surface area contributed by atoms with Crippen LogP contribution in [0.25, 0.3) is 0 Å². The zero-order valence-corrected chi connectivity index (χ0v) is 16.2. The Labute approximate surface area is 158 Å². The molecular formula is C19H24ClN3O3. The Kier molecular flexibility index (Phi) is 5.84. The van der Waals surface area contributed by atoms with Crippen LogP contribution in [0.15, 0.2) is 16.9 Å². The van der Waals surface area contributed by atoms with Crippen molar-refractivity contribution in [2.45, 2.75) is 39.3 Å². The number of hydrogen-bond acceptors (Lipinski definition) is 5. The van der Waals surface area contributed by atoms with Crippen LogP contribution in [0.3, 0.4) is 0 Å². The molecule has 2 heterocycles. The summed E-state index contributed by atoms with van der Waals surface area (Å²) in [5, 5.41) is 0.527.